The molecule has 3 aliphatic rings. The van der Waals surface area contributed by atoms with Gasteiger partial charge in [-0.15, -0.1) is 0 Å². The van der Waals surface area contributed by atoms with E-state index >= 15 is 0 Å². The van der Waals surface area contributed by atoms with Crippen LogP contribution in [-0.4, -0.2) is 46.6 Å². The van der Waals surface area contributed by atoms with Crippen LogP contribution in [0.15, 0.2) is 30.3 Å². The highest BCUT2D eigenvalue weighted by Gasteiger charge is 2.30. The number of rotatable bonds is 3. The first-order chi connectivity index (χ1) is 15.7. The van der Waals surface area contributed by atoms with Crippen LogP contribution < -0.4 is 10.2 Å². The Bertz CT molecular complexity index is 933. The van der Waals surface area contributed by atoms with Crippen molar-refractivity contribution in [2.75, 3.05) is 24.5 Å². The van der Waals surface area contributed by atoms with Crippen LogP contribution in [0.25, 0.3) is 11.4 Å². The van der Waals surface area contributed by atoms with E-state index in [0.29, 0.717) is 19.1 Å². The third-order valence-corrected chi connectivity index (χ3v) is 7.37. The fourth-order valence-corrected chi connectivity index (χ4v) is 5.28. The average molecular weight is 434 g/mol. The number of hydrogen-bond acceptors (Lipinski definition) is 4. The molecule has 5 rings (SSSR count). The maximum Gasteiger partial charge on any atom is 0.317 e. The molecular weight excluding hydrogens is 398 g/mol. The molecule has 170 valence electrons. The van der Waals surface area contributed by atoms with Crippen LogP contribution in [0.3, 0.4) is 0 Å². The minimum Gasteiger partial charge on any atom is -0.356 e. The molecule has 0 unspecified atom stereocenters. The molecule has 2 fully saturated rings. The van der Waals surface area contributed by atoms with E-state index in [9.17, 15) is 4.79 Å². The van der Waals surface area contributed by atoms with Crippen molar-refractivity contribution in [3.05, 3.63) is 41.6 Å². The number of anilines is 1. The molecule has 1 aromatic heterocycles. The summed E-state index contributed by atoms with van der Waals surface area (Å²) < 4.78 is 0. The van der Waals surface area contributed by atoms with Gasteiger partial charge in [-0.25, -0.2) is 14.8 Å². The van der Waals surface area contributed by atoms with Crippen molar-refractivity contribution < 1.29 is 4.79 Å². The number of benzene rings is 1. The number of hydrogen-bond donors (Lipinski definition) is 1. The number of aromatic nitrogens is 2. The molecule has 2 aromatic rings. The molecule has 3 heterocycles. The Labute approximate surface area is 191 Å². The second-order valence-electron chi connectivity index (χ2n) is 9.79. The van der Waals surface area contributed by atoms with Crippen molar-refractivity contribution in [2.24, 2.45) is 5.92 Å². The third kappa shape index (κ3) is 4.59. The quantitative estimate of drug-likeness (QED) is 0.757. The highest BCUT2D eigenvalue weighted by atomic mass is 16.2. The number of urea groups is 1. The molecule has 0 spiro atoms. The van der Waals surface area contributed by atoms with Gasteiger partial charge >= 0.3 is 6.03 Å². The van der Waals surface area contributed by atoms with Crippen molar-refractivity contribution in [1.82, 2.24) is 20.2 Å². The average Bonchev–Trinajstić information content (AvgIpc) is 2.85. The summed E-state index contributed by atoms with van der Waals surface area (Å²) in [4.78, 5) is 27.5. The number of carbonyl (C=O) groups excluding carboxylic acids is 1. The van der Waals surface area contributed by atoms with Gasteiger partial charge in [0.15, 0.2) is 5.82 Å². The second-order valence-corrected chi connectivity index (χ2v) is 9.79. The molecule has 2 aliphatic heterocycles. The maximum absolute atomic E-state index is 13.1. The minimum atomic E-state index is 0.0768. The number of carbonyl (C=O) groups is 1. The number of nitrogens with zero attached hydrogens (tertiary/aromatic N) is 4. The van der Waals surface area contributed by atoms with Gasteiger partial charge in [-0.3, -0.25) is 0 Å². The van der Waals surface area contributed by atoms with E-state index in [0.717, 1.165) is 66.7 Å². The Morgan fingerprint density at radius 2 is 1.72 bits per heavy atom. The monoisotopic (exact) mass is 433 g/mol. The normalized spacial score (nSPS) is 20.2. The van der Waals surface area contributed by atoms with Gasteiger partial charge in [0.2, 0.25) is 0 Å². The zero-order valence-electron chi connectivity index (χ0n) is 19.2. The third-order valence-electron chi connectivity index (χ3n) is 7.37. The summed E-state index contributed by atoms with van der Waals surface area (Å²) in [7, 11) is 0. The predicted octanol–water partition coefficient (Wildman–Crippen LogP) is 4.78. The molecule has 1 aromatic carbocycles. The lowest BCUT2D eigenvalue weighted by molar-refractivity contribution is 0.184. The fraction of sp³-hybridized carbons (Fsp3) is 0.577. The fourth-order valence-electron chi connectivity index (χ4n) is 5.28. The van der Waals surface area contributed by atoms with Crippen molar-refractivity contribution >= 4 is 11.8 Å². The molecule has 0 radical (unpaired) electrons. The maximum atomic E-state index is 13.1. The molecular formula is C26H35N5O. The van der Waals surface area contributed by atoms with E-state index in [4.69, 9.17) is 9.97 Å². The topological polar surface area (TPSA) is 61.4 Å². The summed E-state index contributed by atoms with van der Waals surface area (Å²) in [5, 5.41) is 3.29. The van der Waals surface area contributed by atoms with E-state index in [1.54, 1.807) is 0 Å². The molecule has 1 N–H and O–H groups in total. The van der Waals surface area contributed by atoms with Crippen LogP contribution in [-0.2, 0) is 13.0 Å². The highest BCUT2D eigenvalue weighted by Crippen LogP contribution is 2.32. The van der Waals surface area contributed by atoms with Gasteiger partial charge in [-0.2, -0.15) is 0 Å². The largest absolute Gasteiger partial charge is 0.356 e. The molecule has 0 bridgehead atoms. The van der Waals surface area contributed by atoms with Crippen molar-refractivity contribution in [3.63, 3.8) is 0 Å². The Morgan fingerprint density at radius 1 is 0.969 bits per heavy atom. The molecule has 6 heteroatoms. The van der Waals surface area contributed by atoms with Crippen LogP contribution in [0.4, 0.5) is 10.6 Å². The molecule has 1 saturated carbocycles. The SMILES string of the molecule is CC1CCN(c2nc(-c3ccccc3)nc3c2CN(C(=O)NC2CCCCC2)CC3)CC1. The Kier molecular flexibility index (Phi) is 6.28. The lowest BCUT2D eigenvalue weighted by atomic mass is 9.95. The van der Waals surface area contributed by atoms with Gasteiger partial charge in [0, 0.05) is 43.2 Å². The summed E-state index contributed by atoms with van der Waals surface area (Å²) in [5.74, 6) is 2.60. The molecule has 2 amide bonds. The van der Waals surface area contributed by atoms with E-state index in [2.05, 4.69) is 29.3 Å². The highest BCUT2D eigenvalue weighted by molar-refractivity contribution is 5.75. The van der Waals surface area contributed by atoms with Gasteiger partial charge in [0.25, 0.3) is 0 Å². The number of amides is 2. The molecule has 1 saturated heterocycles. The summed E-state index contributed by atoms with van der Waals surface area (Å²) in [6.45, 7) is 5.69. The van der Waals surface area contributed by atoms with Gasteiger partial charge in [0.05, 0.1) is 12.2 Å². The number of fused-ring (bicyclic) bond motifs is 1. The Balaban J connectivity index is 1.42. The first-order valence-electron chi connectivity index (χ1n) is 12.4. The van der Waals surface area contributed by atoms with Crippen molar-refractivity contribution in [2.45, 2.75) is 70.9 Å². The lowest BCUT2D eigenvalue weighted by Gasteiger charge is -2.36. The van der Waals surface area contributed by atoms with Crippen LogP contribution >= 0.6 is 0 Å². The van der Waals surface area contributed by atoms with Crippen LogP contribution in [0, 0.1) is 5.92 Å². The summed E-state index contributed by atoms with van der Waals surface area (Å²) in [6, 6.07) is 10.7. The molecule has 32 heavy (non-hydrogen) atoms. The summed E-state index contributed by atoms with van der Waals surface area (Å²) in [6.07, 6.45) is 9.11. The zero-order valence-corrected chi connectivity index (χ0v) is 19.2. The summed E-state index contributed by atoms with van der Waals surface area (Å²) >= 11 is 0. The van der Waals surface area contributed by atoms with Crippen molar-refractivity contribution in [1.29, 1.82) is 0 Å². The first-order valence-corrected chi connectivity index (χ1v) is 12.4. The van der Waals surface area contributed by atoms with E-state index in [1.165, 1.54) is 32.1 Å². The smallest absolute Gasteiger partial charge is 0.317 e. The number of nitrogens with one attached hydrogen (secondary N) is 1. The lowest BCUT2D eigenvalue weighted by Crippen LogP contribution is -2.47. The van der Waals surface area contributed by atoms with Crippen molar-refractivity contribution in [3.8, 4) is 11.4 Å². The zero-order chi connectivity index (χ0) is 21.9. The standard InChI is InChI=1S/C26H35N5O/c1-19-12-15-30(16-13-19)25-22-18-31(26(32)27-21-10-6-3-7-11-21)17-14-23(22)28-24(29-25)20-8-4-2-5-9-20/h2,4-5,8-9,19,21H,3,6-7,10-18H2,1H3,(H,27,32). The van der Waals surface area contributed by atoms with Crippen LogP contribution in [0.2, 0.25) is 0 Å². The van der Waals surface area contributed by atoms with E-state index < -0.39 is 0 Å². The van der Waals surface area contributed by atoms with Crippen LogP contribution in [0.1, 0.15) is 63.1 Å². The van der Waals surface area contributed by atoms with Gasteiger partial charge in [0.1, 0.15) is 5.82 Å². The van der Waals surface area contributed by atoms with Gasteiger partial charge in [-0.05, 0) is 31.6 Å². The van der Waals surface area contributed by atoms with Gasteiger partial charge < -0.3 is 15.1 Å². The molecule has 6 nitrogen and oxygen atoms in total. The Hall–Kier alpha value is -2.63. The second kappa shape index (κ2) is 9.47. The van der Waals surface area contributed by atoms with E-state index in [1.807, 2.05) is 23.1 Å². The number of piperidine rings is 1. The molecule has 1 aliphatic carbocycles. The van der Waals surface area contributed by atoms with Crippen LogP contribution in [0.5, 0.6) is 0 Å². The molecule has 0 atom stereocenters. The minimum absolute atomic E-state index is 0.0768. The summed E-state index contributed by atoms with van der Waals surface area (Å²) in [5.41, 5.74) is 3.30. The van der Waals surface area contributed by atoms with E-state index in [-0.39, 0.29) is 6.03 Å². The Morgan fingerprint density at radius 3 is 2.47 bits per heavy atom. The first kappa shape index (κ1) is 21.2. The predicted molar refractivity (Wildman–Crippen MR) is 128 cm³/mol. The van der Waals surface area contributed by atoms with Gasteiger partial charge in [-0.1, -0.05) is 56.5 Å².